The van der Waals surface area contributed by atoms with Crippen molar-refractivity contribution in [1.29, 1.82) is 0 Å². The lowest BCUT2D eigenvalue weighted by atomic mass is 9.70. The molecule has 0 radical (unpaired) electrons. The normalized spacial score (nSPS) is 12.7. The zero-order valence-corrected chi connectivity index (χ0v) is 38.2. The van der Waals surface area contributed by atoms with Crippen molar-refractivity contribution in [3.63, 3.8) is 0 Å². The Kier molecular flexibility index (Phi) is 9.11. The van der Waals surface area contributed by atoms with E-state index < -0.39 is 5.41 Å². The average Bonchev–Trinajstić information content (AvgIpc) is 4.08. The van der Waals surface area contributed by atoms with Crippen molar-refractivity contribution in [2.45, 2.75) is 5.41 Å². The van der Waals surface area contributed by atoms with Gasteiger partial charge in [-0.1, -0.05) is 200 Å². The molecule has 3 heteroatoms. The maximum atomic E-state index is 7.26. The van der Waals surface area contributed by atoms with E-state index in [9.17, 15) is 0 Å². The summed E-state index contributed by atoms with van der Waals surface area (Å²) in [6.45, 7) is 0. The highest BCUT2D eigenvalue weighted by molar-refractivity contribution is 6.19. The van der Waals surface area contributed by atoms with Crippen molar-refractivity contribution in [3.8, 4) is 44.5 Å². The third-order valence-electron chi connectivity index (χ3n) is 14.6. The predicted molar refractivity (Wildman–Crippen MR) is 290 cm³/mol. The molecule has 0 fully saturated rings. The molecule has 1 spiro atoms. The van der Waals surface area contributed by atoms with Gasteiger partial charge in [0.15, 0.2) is 5.58 Å². The van der Waals surface area contributed by atoms with Crippen molar-refractivity contribution in [1.82, 2.24) is 0 Å². The average molecular weight is 893 g/mol. The maximum absolute atomic E-state index is 7.26. The molecule has 0 amide bonds. The monoisotopic (exact) mass is 892 g/mol. The molecule has 70 heavy (non-hydrogen) atoms. The molecule has 0 aliphatic heterocycles. The number of anilines is 6. The van der Waals surface area contributed by atoms with Gasteiger partial charge in [-0.2, -0.15) is 0 Å². The molecule has 0 N–H and O–H groups in total. The van der Waals surface area contributed by atoms with E-state index in [0.29, 0.717) is 0 Å². The van der Waals surface area contributed by atoms with Crippen LogP contribution < -0.4 is 9.80 Å². The Balaban J connectivity index is 1.00. The van der Waals surface area contributed by atoms with Gasteiger partial charge < -0.3 is 14.2 Å². The highest BCUT2D eigenvalue weighted by Crippen LogP contribution is 2.64. The Morgan fingerprint density at radius 1 is 0.300 bits per heavy atom. The van der Waals surface area contributed by atoms with Crippen LogP contribution in [0.4, 0.5) is 34.1 Å². The smallest absolute Gasteiger partial charge is 0.159 e. The number of hydrogen-bond acceptors (Lipinski definition) is 3. The Hall–Kier alpha value is -9.18. The number of rotatable bonds is 8. The van der Waals surface area contributed by atoms with Gasteiger partial charge in [0.1, 0.15) is 5.58 Å². The summed E-state index contributed by atoms with van der Waals surface area (Å²) in [5.41, 5.74) is 22.4. The van der Waals surface area contributed by atoms with Gasteiger partial charge in [0, 0.05) is 39.2 Å². The summed E-state index contributed by atoms with van der Waals surface area (Å²) in [4.78, 5) is 4.74. The molecule has 0 saturated carbocycles. The molecule has 2 aliphatic carbocycles. The Morgan fingerprint density at radius 2 is 0.771 bits per heavy atom. The van der Waals surface area contributed by atoms with E-state index >= 15 is 0 Å². The van der Waals surface area contributed by atoms with Gasteiger partial charge in [0.05, 0.1) is 11.1 Å². The quantitative estimate of drug-likeness (QED) is 0.152. The van der Waals surface area contributed by atoms with Crippen LogP contribution in [0.25, 0.3) is 66.4 Å². The van der Waals surface area contributed by atoms with E-state index in [0.717, 1.165) is 67.2 Å². The molecule has 1 heterocycles. The van der Waals surface area contributed by atoms with Gasteiger partial charge in [-0.25, -0.2) is 0 Å². The van der Waals surface area contributed by atoms with Crippen LogP contribution in [-0.4, -0.2) is 0 Å². The van der Waals surface area contributed by atoms with E-state index in [1.165, 1.54) is 55.6 Å². The van der Waals surface area contributed by atoms with Crippen LogP contribution in [0.3, 0.4) is 0 Å². The number of furan rings is 1. The van der Waals surface area contributed by atoms with Gasteiger partial charge in [0.2, 0.25) is 0 Å². The molecule has 0 saturated heterocycles. The van der Waals surface area contributed by atoms with E-state index in [4.69, 9.17) is 4.42 Å². The predicted octanol–water partition coefficient (Wildman–Crippen LogP) is 18.2. The lowest BCUT2D eigenvalue weighted by Gasteiger charge is -2.30. The van der Waals surface area contributed by atoms with E-state index in [1.54, 1.807) is 0 Å². The highest BCUT2D eigenvalue weighted by Gasteiger charge is 2.52. The summed E-state index contributed by atoms with van der Waals surface area (Å²) in [5.74, 6) is 0. The van der Waals surface area contributed by atoms with E-state index in [2.05, 4.69) is 277 Å². The van der Waals surface area contributed by atoms with Gasteiger partial charge in [-0.3, -0.25) is 0 Å². The SMILES string of the molecule is c1ccc(-c2ccc(N(c3ccccc3)c3cc(-c4ccccc4)cc(N(c4ccccc4)c4cccc5c4oc4ccc6c(c45)-c4ccccc4C64c5ccccc5-c5ccccc54)c3)cc2)cc1. The van der Waals surface area contributed by atoms with E-state index in [1.807, 2.05) is 0 Å². The molecule has 328 valence electrons. The van der Waals surface area contributed by atoms with Crippen LogP contribution in [0.5, 0.6) is 0 Å². The standard InChI is InChI=1S/C67H44N2O/c1-5-20-45(21-6-1)47-36-38-51(39-37-47)68(49-24-9-3-10-25-49)52-42-48(46-22-7-2-8-23-46)43-53(44-52)69(50-26-11-4-12-27-50)62-35-19-31-57-65-63(70-66(57)62)41-40-61-64(65)56-30-15-18-34-60(56)67(61)58-32-16-13-28-54(58)55-29-14-17-33-59(55)67/h1-44H. The zero-order valence-electron chi connectivity index (χ0n) is 38.2. The fraction of sp³-hybridized carbons (Fsp3) is 0.0149. The molecule has 0 unspecified atom stereocenters. The first kappa shape index (κ1) is 39.9. The molecule has 1 aromatic heterocycles. The third-order valence-corrected chi connectivity index (χ3v) is 14.6. The molecular formula is C67H44N2O. The van der Waals surface area contributed by atoms with Crippen LogP contribution in [-0.2, 0) is 5.41 Å². The number of para-hydroxylation sites is 3. The fourth-order valence-corrected chi connectivity index (χ4v) is 11.7. The minimum Gasteiger partial charge on any atom is -0.454 e. The van der Waals surface area contributed by atoms with Crippen LogP contribution in [0.2, 0.25) is 0 Å². The van der Waals surface area contributed by atoms with Crippen molar-refractivity contribution >= 4 is 56.1 Å². The summed E-state index contributed by atoms with van der Waals surface area (Å²) >= 11 is 0. The van der Waals surface area contributed by atoms with Crippen LogP contribution in [0.1, 0.15) is 22.3 Å². The lowest BCUT2D eigenvalue weighted by molar-refractivity contribution is 0.668. The second-order valence-electron chi connectivity index (χ2n) is 18.4. The van der Waals surface area contributed by atoms with Gasteiger partial charge in [0.25, 0.3) is 0 Å². The summed E-state index contributed by atoms with van der Waals surface area (Å²) < 4.78 is 7.26. The number of nitrogens with zero attached hydrogens (tertiary/aromatic N) is 2. The van der Waals surface area contributed by atoms with Gasteiger partial charge in [-0.15, -0.1) is 0 Å². The Morgan fingerprint density at radius 3 is 1.39 bits per heavy atom. The van der Waals surface area contributed by atoms with Crippen LogP contribution in [0, 0.1) is 0 Å². The molecule has 12 aromatic rings. The topological polar surface area (TPSA) is 19.6 Å². The molecule has 2 aliphatic rings. The van der Waals surface area contributed by atoms with E-state index in [-0.39, 0.29) is 0 Å². The third kappa shape index (κ3) is 6.01. The molecule has 3 nitrogen and oxygen atoms in total. The van der Waals surface area contributed by atoms with Crippen LogP contribution >= 0.6 is 0 Å². The number of fused-ring (bicyclic) bond motifs is 14. The molecular weight excluding hydrogens is 849 g/mol. The largest absolute Gasteiger partial charge is 0.454 e. The summed E-state index contributed by atoms with van der Waals surface area (Å²) in [6, 6.07) is 96.8. The fourth-order valence-electron chi connectivity index (χ4n) is 11.7. The second kappa shape index (κ2) is 16.0. The van der Waals surface area contributed by atoms with Crippen molar-refractivity contribution in [2.24, 2.45) is 0 Å². The summed E-state index contributed by atoms with van der Waals surface area (Å²) in [5, 5.41) is 2.22. The van der Waals surface area contributed by atoms with Gasteiger partial charge in [-0.05, 0) is 133 Å². The number of benzene rings is 11. The molecule has 0 bridgehead atoms. The van der Waals surface area contributed by atoms with Crippen molar-refractivity contribution in [2.75, 3.05) is 9.80 Å². The molecule has 14 rings (SSSR count). The minimum atomic E-state index is -0.453. The maximum Gasteiger partial charge on any atom is 0.159 e. The second-order valence-corrected chi connectivity index (χ2v) is 18.4. The zero-order chi connectivity index (χ0) is 46.2. The van der Waals surface area contributed by atoms with Crippen molar-refractivity contribution < 1.29 is 4.42 Å². The summed E-state index contributed by atoms with van der Waals surface area (Å²) in [7, 11) is 0. The highest BCUT2D eigenvalue weighted by atomic mass is 16.3. The van der Waals surface area contributed by atoms with Crippen molar-refractivity contribution in [3.05, 3.63) is 289 Å². The Bertz CT molecular complexity index is 3890. The van der Waals surface area contributed by atoms with Gasteiger partial charge >= 0.3 is 0 Å². The first-order valence-corrected chi connectivity index (χ1v) is 24.1. The first-order valence-electron chi connectivity index (χ1n) is 24.1. The first-order chi connectivity index (χ1) is 34.7. The summed E-state index contributed by atoms with van der Waals surface area (Å²) in [6.07, 6.45) is 0. The Labute approximate surface area is 407 Å². The lowest BCUT2D eigenvalue weighted by Crippen LogP contribution is -2.25. The minimum absolute atomic E-state index is 0.453. The number of hydrogen-bond donors (Lipinski definition) is 0. The molecule has 0 atom stereocenters. The van der Waals surface area contributed by atoms with Crippen LogP contribution in [0.15, 0.2) is 271 Å². The molecule has 11 aromatic carbocycles.